The molecule has 1 aromatic heterocycles. The molecule has 1 saturated carbocycles. The first-order chi connectivity index (χ1) is 20.5. The molecule has 2 atom stereocenters. The zero-order valence-corrected chi connectivity index (χ0v) is 23.5. The quantitative estimate of drug-likeness (QED) is 0.514. The highest BCUT2D eigenvalue weighted by Gasteiger charge is 2.39. The van der Waals surface area contributed by atoms with Crippen LogP contribution in [0.4, 0.5) is 0 Å². The number of nitrogens with one attached hydrogen (secondary N) is 1. The lowest BCUT2D eigenvalue weighted by Crippen LogP contribution is -2.49. The zero-order chi connectivity index (χ0) is 29.1. The van der Waals surface area contributed by atoms with Crippen molar-refractivity contribution in [2.24, 2.45) is 0 Å². The minimum atomic E-state index is -0.446. The Labute approximate surface area is 244 Å². The van der Waals surface area contributed by atoms with Gasteiger partial charge in [0.2, 0.25) is 11.8 Å². The highest BCUT2D eigenvalue weighted by Crippen LogP contribution is 2.34. The summed E-state index contributed by atoms with van der Waals surface area (Å²) in [7, 11) is 1.59. The fraction of sp³-hybridized carbons (Fsp3) is 0.375. The number of hydrogen-bond donors (Lipinski definition) is 1. The number of aromatic nitrogens is 1. The molecule has 3 aromatic rings. The Morgan fingerprint density at radius 1 is 1.02 bits per heavy atom. The number of fused-ring (bicyclic) bond motifs is 9. The van der Waals surface area contributed by atoms with E-state index in [4.69, 9.17) is 14.2 Å². The van der Waals surface area contributed by atoms with E-state index in [1.165, 1.54) is 6.20 Å². The smallest absolute Gasteiger partial charge is 0.255 e. The van der Waals surface area contributed by atoms with Crippen LogP contribution < -0.4 is 14.8 Å². The first-order valence-corrected chi connectivity index (χ1v) is 14.3. The molecule has 2 fully saturated rings. The van der Waals surface area contributed by atoms with E-state index in [0.29, 0.717) is 42.3 Å². The van der Waals surface area contributed by atoms with Gasteiger partial charge in [-0.15, -0.1) is 0 Å². The number of amides is 3. The molecule has 2 aromatic carbocycles. The van der Waals surface area contributed by atoms with Gasteiger partial charge in [-0.3, -0.25) is 19.4 Å². The van der Waals surface area contributed by atoms with Crippen molar-refractivity contribution in [3.05, 3.63) is 83.7 Å². The average molecular weight is 571 g/mol. The minimum absolute atomic E-state index is 0.0264. The largest absolute Gasteiger partial charge is 0.493 e. The summed E-state index contributed by atoms with van der Waals surface area (Å²) < 4.78 is 18.1. The Kier molecular flexibility index (Phi) is 8.05. The van der Waals surface area contributed by atoms with Crippen LogP contribution in [0.25, 0.3) is 0 Å². The van der Waals surface area contributed by atoms with Gasteiger partial charge < -0.3 is 29.3 Å². The number of carbonyl (C=O) groups is 3. The molecule has 4 heterocycles. The third kappa shape index (κ3) is 6.38. The summed E-state index contributed by atoms with van der Waals surface area (Å²) in [4.78, 5) is 47.2. The van der Waals surface area contributed by atoms with Crippen LogP contribution in [0, 0.1) is 0 Å². The van der Waals surface area contributed by atoms with Gasteiger partial charge in [0, 0.05) is 37.9 Å². The van der Waals surface area contributed by atoms with E-state index in [0.717, 1.165) is 24.0 Å². The fourth-order valence-corrected chi connectivity index (χ4v) is 5.51. The molecule has 7 rings (SSSR count). The Balaban J connectivity index is 1.27. The van der Waals surface area contributed by atoms with Crippen LogP contribution in [0.15, 0.2) is 67.0 Å². The summed E-state index contributed by atoms with van der Waals surface area (Å²) in [5.74, 6) is 1.27. The molecule has 3 amide bonds. The van der Waals surface area contributed by atoms with Crippen molar-refractivity contribution in [2.45, 2.75) is 50.5 Å². The summed E-state index contributed by atoms with van der Waals surface area (Å²) >= 11 is 0. The molecule has 0 radical (unpaired) electrons. The molecule has 10 heteroatoms. The SMILES string of the molecule is COc1cc2ccc1Oc1cccc(c1)CO[C@H]1CN(C(=O)c3cccnc3)C[C@@H]1NC(=O)CN(C1CC1)C(=O)CC2. The first-order valence-electron chi connectivity index (χ1n) is 14.3. The number of likely N-dealkylation sites (tertiary alicyclic amines) is 1. The molecule has 4 aliphatic rings. The maximum atomic E-state index is 13.3. The van der Waals surface area contributed by atoms with Gasteiger partial charge in [-0.2, -0.15) is 0 Å². The van der Waals surface area contributed by atoms with Gasteiger partial charge >= 0.3 is 0 Å². The molecule has 10 nitrogen and oxygen atoms in total. The first kappa shape index (κ1) is 27.7. The van der Waals surface area contributed by atoms with Crippen LogP contribution in [-0.4, -0.2) is 77.4 Å². The number of rotatable bonds is 3. The molecular weight excluding hydrogens is 536 g/mol. The average Bonchev–Trinajstić information content (AvgIpc) is 3.78. The summed E-state index contributed by atoms with van der Waals surface area (Å²) in [5, 5.41) is 3.07. The van der Waals surface area contributed by atoms with Gasteiger partial charge in [-0.25, -0.2) is 0 Å². The second-order valence-electron chi connectivity index (χ2n) is 11.0. The molecule has 0 spiro atoms. The zero-order valence-electron chi connectivity index (χ0n) is 23.5. The number of pyridine rings is 1. The second-order valence-corrected chi connectivity index (χ2v) is 11.0. The second kappa shape index (κ2) is 12.2. The highest BCUT2D eigenvalue weighted by molar-refractivity contribution is 5.94. The standard InChI is InChI=1S/C32H34N4O6/c1-40-28-15-21-7-11-27(28)42-25-6-2-4-22(14-25)20-41-29-18-35(32(39)23-5-3-13-33-16-23)17-26(29)34-30(37)19-36(24-9-10-24)31(38)12-8-21/h2-7,11,13-16,24,26,29H,8-10,12,17-20H2,1H3,(H,34,37)/t26-,29-/m0/s1. The predicted molar refractivity (Wildman–Crippen MR) is 153 cm³/mol. The normalized spacial score (nSPS) is 21.5. The topological polar surface area (TPSA) is 110 Å². The number of benzene rings is 2. The van der Waals surface area contributed by atoms with E-state index >= 15 is 0 Å². The predicted octanol–water partition coefficient (Wildman–Crippen LogP) is 3.35. The van der Waals surface area contributed by atoms with Crippen molar-refractivity contribution in [3.63, 3.8) is 0 Å². The van der Waals surface area contributed by atoms with E-state index in [1.807, 2.05) is 42.5 Å². The Bertz CT molecular complexity index is 1460. The van der Waals surface area contributed by atoms with Gasteiger partial charge in [0.05, 0.1) is 38.0 Å². The van der Waals surface area contributed by atoms with Gasteiger partial charge in [0.25, 0.3) is 5.91 Å². The van der Waals surface area contributed by atoms with E-state index < -0.39 is 12.1 Å². The van der Waals surface area contributed by atoms with E-state index in [-0.39, 0.29) is 43.3 Å². The maximum Gasteiger partial charge on any atom is 0.255 e. The van der Waals surface area contributed by atoms with E-state index in [9.17, 15) is 14.4 Å². The highest BCUT2D eigenvalue weighted by atomic mass is 16.5. The molecule has 218 valence electrons. The molecule has 42 heavy (non-hydrogen) atoms. The third-order valence-electron chi connectivity index (χ3n) is 7.88. The van der Waals surface area contributed by atoms with Gasteiger partial charge in [0.15, 0.2) is 11.5 Å². The van der Waals surface area contributed by atoms with Crippen molar-refractivity contribution < 1.29 is 28.6 Å². The number of ether oxygens (including phenoxy) is 3. The maximum absolute atomic E-state index is 13.3. The minimum Gasteiger partial charge on any atom is -0.493 e. The fourth-order valence-electron chi connectivity index (χ4n) is 5.51. The van der Waals surface area contributed by atoms with Gasteiger partial charge in [0.1, 0.15) is 5.75 Å². The van der Waals surface area contributed by atoms with Crippen molar-refractivity contribution >= 4 is 17.7 Å². The summed E-state index contributed by atoms with van der Waals surface area (Å²) in [6, 6.07) is 16.3. The number of hydrogen-bond acceptors (Lipinski definition) is 7. The number of aryl methyl sites for hydroxylation is 1. The monoisotopic (exact) mass is 570 g/mol. The number of carbonyl (C=O) groups excluding carboxylic acids is 3. The van der Waals surface area contributed by atoms with Gasteiger partial charge in [-0.05, 0) is 66.8 Å². The molecular formula is C32H34N4O6. The Hall–Kier alpha value is -4.44. The lowest BCUT2D eigenvalue weighted by molar-refractivity contribution is -0.137. The third-order valence-corrected chi connectivity index (χ3v) is 7.88. The van der Waals surface area contributed by atoms with Crippen LogP contribution in [0.5, 0.6) is 17.2 Å². The summed E-state index contributed by atoms with van der Waals surface area (Å²) in [6.07, 6.45) is 5.27. The molecule has 1 aliphatic carbocycles. The van der Waals surface area contributed by atoms with Crippen LogP contribution in [0.3, 0.4) is 0 Å². The van der Waals surface area contributed by atoms with Crippen molar-refractivity contribution in [1.29, 1.82) is 0 Å². The van der Waals surface area contributed by atoms with Crippen LogP contribution in [0.1, 0.15) is 40.7 Å². The van der Waals surface area contributed by atoms with Crippen LogP contribution >= 0.6 is 0 Å². The van der Waals surface area contributed by atoms with Crippen molar-refractivity contribution in [1.82, 2.24) is 20.1 Å². The molecule has 1 N–H and O–H groups in total. The lowest BCUT2D eigenvalue weighted by Gasteiger charge is -2.25. The van der Waals surface area contributed by atoms with Gasteiger partial charge in [-0.1, -0.05) is 18.2 Å². The Morgan fingerprint density at radius 2 is 1.90 bits per heavy atom. The van der Waals surface area contributed by atoms with E-state index in [1.54, 1.807) is 35.2 Å². The molecule has 1 saturated heterocycles. The molecule has 4 bridgehead atoms. The molecule has 3 aliphatic heterocycles. The van der Waals surface area contributed by atoms with Crippen LogP contribution in [-0.2, 0) is 27.4 Å². The Morgan fingerprint density at radius 3 is 2.69 bits per heavy atom. The lowest BCUT2D eigenvalue weighted by atomic mass is 10.1. The molecule has 0 unspecified atom stereocenters. The van der Waals surface area contributed by atoms with E-state index in [2.05, 4.69) is 10.3 Å². The number of methoxy groups -OCH3 is 1. The summed E-state index contributed by atoms with van der Waals surface area (Å²) in [6.45, 7) is 0.829. The number of nitrogens with zero attached hydrogens (tertiary/aromatic N) is 3. The van der Waals surface area contributed by atoms with Crippen LogP contribution in [0.2, 0.25) is 0 Å². The summed E-state index contributed by atoms with van der Waals surface area (Å²) in [5.41, 5.74) is 2.30. The van der Waals surface area contributed by atoms with Crippen molar-refractivity contribution in [3.8, 4) is 17.2 Å². The van der Waals surface area contributed by atoms with Crippen molar-refractivity contribution in [2.75, 3.05) is 26.7 Å².